The van der Waals surface area contributed by atoms with E-state index in [2.05, 4.69) is 10.1 Å². The number of pyridine rings is 1. The Labute approximate surface area is 96.7 Å². The van der Waals surface area contributed by atoms with Crippen LogP contribution < -0.4 is 0 Å². The van der Waals surface area contributed by atoms with Gasteiger partial charge in [0.15, 0.2) is 11.5 Å². The molecule has 0 amide bonds. The smallest absolute Gasteiger partial charge is 0.316 e. The van der Waals surface area contributed by atoms with Gasteiger partial charge in [-0.15, -0.1) is 0 Å². The van der Waals surface area contributed by atoms with E-state index in [1.165, 1.54) is 4.52 Å². The predicted molar refractivity (Wildman–Crippen MR) is 58.7 cm³/mol. The molecule has 0 saturated heterocycles. The molecule has 0 radical (unpaired) electrons. The Morgan fingerprint density at radius 3 is 2.81 bits per heavy atom. The molecule has 0 bridgehead atoms. The molecule has 16 heavy (non-hydrogen) atoms. The summed E-state index contributed by atoms with van der Waals surface area (Å²) in [6.07, 6.45) is 1.59. The minimum Gasteiger partial charge on any atom is -0.481 e. The largest absolute Gasteiger partial charge is 0.481 e. The summed E-state index contributed by atoms with van der Waals surface area (Å²) in [6, 6.07) is 3.37. The van der Waals surface area contributed by atoms with Gasteiger partial charge in [0.25, 0.3) is 0 Å². The fraction of sp³-hybridized carbons (Fsp3) is 0.300. The summed E-state index contributed by atoms with van der Waals surface area (Å²) in [5, 5.41) is 13.7. The first-order valence-corrected chi connectivity index (χ1v) is 5.05. The van der Waals surface area contributed by atoms with Crippen molar-refractivity contribution in [3.8, 4) is 0 Å². The second kappa shape index (κ2) is 3.45. The highest BCUT2D eigenvalue weighted by Gasteiger charge is 2.34. The van der Waals surface area contributed by atoms with Gasteiger partial charge >= 0.3 is 5.97 Å². The zero-order valence-corrected chi connectivity index (χ0v) is 9.56. The highest BCUT2D eigenvalue weighted by atomic mass is 35.5. The van der Waals surface area contributed by atoms with Crippen molar-refractivity contribution >= 4 is 23.2 Å². The maximum atomic E-state index is 11.0. The molecule has 0 spiro atoms. The van der Waals surface area contributed by atoms with Crippen LogP contribution in [0.1, 0.15) is 19.7 Å². The molecule has 1 N–H and O–H groups in total. The van der Waals surface area contributed by atoms with Crippen molar-refractivity contribution in [2.24, 2.45) is 0 Å². The number of carboxylic acid groups (broad SMARTS) is 1. The SMILES string of the molecule is CC(C)(C(=O)O)c1nc2ccc(Cl)cn2n1. The van der Waals surface area contributed by atoms with E-state index in [0.717, 1.165) is 0 Å². The van der Waals surface area contributed by atoms with Gasteiger partial charge in [-0.25, -0.2) is 9.50 Å². The maximum Gasteiger partial charge on any atom is 0.316 e. The van der Waals surface area contributed by atoms with Crippen molar-refractivity contribution in [2.45, 2.75) is 19.3 Å². The van der Waals surface area contributed by atoms with Gasteiger partial charge in [0.05, 0.1) is 5.02 Å². The minimum absolute atomic E-state index is 0.266. The van der Waals surface area contributed by atoms with Crippen molar-refractivity contribution in [3.63, 3.8) is 0 Å². The highest BCUT2D eigenvalue weighted by molar-refractivity contribution is 6.30. The van der Waals surface area contributed by atoms with Gasteiger partial charge in [-0.2, -0.15) is 5.10 Å². The lowest BCUT2D eigenvalue weighted by Crippen LogP contribution is -2.30. The molecule has 0 aliphatic rings. The first-order valence-electron chi connectivity index (χ1n) is 4.67. The predicted octanol–water partition coefficient (Wildman–Crippen LogP) is 1.74. The zero-order valence-electron chi connectivity index (χ0n) is 8.81. The molecule has 6 heteroatoms. The topological polar surface area (TPSA) is 67.5 Å². The molecule has 0 atom stereocenters. The van der Waals surface area contributed by atoms with Crippen molar-refractivity contribution in [1.82, 2.24) is 14.6 Å². The Morgan fingerprint density at radius 1 is 1.50 bits per heavy atom. The summed E-state index contributed by atoms with van der Waals surface area (Å²) in [6.45, 7) is 3.12. The van der Waals surface area contributed by atoms with Gasteiger partial charge in [0.1, 0.15) is 5.41 Å². The number of aromatic nitrogens is 3. The van der Waals surface area contributed by atoms with Crippen LogP contribution in [0, 0.1) is 0 Å². The molecular weight excluding hydrogens is 230 g/mol. The van der Waals surface area contributed by atoms with Gasteiger partial charge in [-0.05, 0) is 26.0 Å². The van der Waals surface area contributed by atoms with E-state index in [4.69, 9.17) is 16.7 Å². The van der Waals surface area contributed by atoms with Gasteiger partial charge in [-0.1, -0.05) is 11.6 Å². The summed E-state index contributed by atoms with van der Waals surface area (Å²) < 4.78 is 1.47. The highest BCUT2D eigenvalue weighted by Crippen LogP contribution is 2.21. The number of carbonyl (C=O) groups is 1. The average Bonchev–Trinajstić information content (AvgIpc) is 2.60. The number of nitrogens with zero attached hydrogens (tertiary/aromatic N) is 3. The number of rotatable bonds is 2. The molecule has 2 aromatic heterocycles. The molecule has 0 aliphatic carbocycles. The molecule has 0 aromatic carbocycles. The first-order chi connectivity index (χ1) is 7.41. The lowest BCUT2D eigenvalue weighted by Gasteiger charge is -2.13. The normalized spacial score (nSPS) is 11.9. The third kappa shape index (κ3) is 1.63. The van der Waals surface area contributed by atoms with Crippen LogP contribution >= 0.6 is 11.6 Å². The fourth-order valence-corrected chi connectivity index (χ4v) is 1.37. The molecule has 84 valence electrons. The van der Waals surface area contributed by atoms with Crippen molar-refractivity contribution in [1.29, 1.82) is 0 Å². The van der Waals surface area contributed by atoms with Gasteiger partial charge < -0.3 is 5.11 Å². The van der Waals surface area contributed by atoms with Crippen LogP contribution in [0.25, 0.3) is 5.65 Å². The standard InChI is InChI=1S/C10H10ClN3O2/c1-10(2,9(15)16)8-12-7-4-3-6(11)5-14(7)13-8/h3-5H,1-2H3,(H,15,16). The Bertz CT molecular complexity index is 562. The van der Waals surface area contributed by atoms with Crippen LogP contribution in [0.4, 0.5) is 0 Å². The molecule has 0 unspecified atom stereocenters. The van der Waals surface area contributed by atoms with E-state index in [0.29, 0.717) is 10.7 Å². The third-order valence-electron chi connectivity index (χ3n) is 2.39. The van der Waals surface area contributed by atoms with Crippen molar-refractivity contribution < 1.29 is 9.90 Å². The van der Waals surface area contributed by atoms with Crippen LogP contribution in [0.15, 0.2) is 18.3 Å². The number of hydrogen-bond acceptors (Lipinski definition) is 3. The fourth-order valence-electron chi connectivity index (χ4n) is 1.22. The summed E-state index contributed by atoms with van der Waals surface area (Å²) in [5.41, 5.74) is -0.535. The van der Waals surface area contributed by atoms with Crippen LogP contribution in [-0.4, -0.2) is 25.7 Å². The lowest BCUT2D eigenvalue weighted by atomic mass is 9.93. The summed E-state index contributed by atoms with van der Waals surface area (Å²) in [7, 11) is 0. The Hall–Kier alpha value is -1.62. The zero-order chi connectivity index (χ0) is 11.9. The minimum atomic E-state index is -1.11. The summed E-state index contributed by atoms with van der Waals surface area (Å²) in [4.78, 5) is 15.2. The van der Waals surface area contributed by atoms with Crippen LogP contribution in [-0.2, 0) is 10.2 Å². The van der Waals surface area contributed by atoms with E-state index >= 15 is 0 Å². The maximum absolute atomic E-state index is 11.0. The molecule has 2 rings (SSSR count). The van der Waals surface area contributed by atoms with Gasteiger partial charge in [0.2, 0.25) is 0 Å². The molecule has 2 heterocycles. The molecule has 0 saturated carbocycles. The second-order valence-corrected chi connectivity index (χ2v) is 4.45. The number of fused-ring (bicyclic) bond motifs is 1. The van der Waals surface area contributed by atoms with E-state index in [-0.39, 0.29) is 5.82 Å². The number of hydrogen-bond donors (Lipinski definition) is 1. The number of aliphatic carboxylic acids is 1. The Balaban J connectivity index is 2.59. The average molecular weight is 240 g/mol. The van der Waals surface area contributed by atoms with E-state index in [1.807, 2.05) is 0 Å². The van der Waals surface area contributed by atoms with Crippen molar-refractivity contribution in [2.75, 3.05) is 0 Å². The Morgan fingerprint density at radius 2 is 2.19 bits per heavy atom. The second-order valence-electron chi connectivity index (χ2n) is 4.02. The number of halogens is 1. The van der Waals surface area contributed by atoms with Crippen LogP contribution in [0.3, 0.4) is 0 Å². The molecular formula is C10H10ClN3O2. The van der Waals surface area contributed by atoms with Gasteiger partial charge in [-0.3, -0.25) is 4.79 Å². The first kappa shape index (κ1) is 10.9. The third-order valence-corrected chi connectivity index (χ3v) is 2.61. The summed E-state index contributed by atoms with van der Waals surface area (Å²) in [5.74, 6) is -0.697. The monoisotopic (exact) mass is 239 g/mol. The van der Waals surface area contributed by atoms with Gasteiger partial charge in [0, 0.05) is 6.20 Å². The lowest BCUT2D eigenvalue weighted by molar-refractivity contribution is -0.142. The molecule has 5 nitrogen and oxygen atoms in total. The van der Waals surface area contributed by atoms with E-state index in [1.54, 1.807) is 32.2 Å². The van der Waals surface area contributed by atoms with Crippen LogP contribution in [0.2, 0.25) is 5.02 Å². The molecule has 2 aromatic rings. The van der Waals surface area contributed by atoms with Crippen LogP contribution in [0.5, 0.6) is 0 Å². The van der Waals surface area contributed by atoms with E-state index < -0.39 is 11.4 Å². The van der Waals surface area contributed by atoms with Crippen molar-refractivity contribution in [3.05, 3.63) is 29.2 Å². The van der Waals surface area contributed by atoms with E-state index in [9.17, 15) is 4.79 Å². The number of carboxylic acids is 1. The summed E-state index contributed by atoms with van der Waals surface area (Å²) >= 11 is 5.80. The molecule has 0 aliphatic heterocycles. The molecule has 0 fully saturated rings. The Kier molecular flexibility index (Phi) is 2.35. The quantitative estimate of drug-likeness (QED) is 0.867.